The molecule has 1 fully saturated rings. The van der Waals surface area contributed by atoms with E-state index in [-0.39, 0.29) is 11.0 Å². The molecular weight excluding hydrogens is 374 g/mol. The topological polar surface area (TPSA) is 64.6 Å². The van der Waals surface area contributed by atoms with Gasteiger partial charge < -0.3 is 9.47 Å². The molecule has 0 bridgehead atoms. The van der Waals surface area contributed by atoms with Gasteiger partial charge in [0, 0.05) is 6.07 Å². The second-order valence-corrected chi connectivity index (χ2v) is 8.93. The van der Waals surface area contributed by atoms with Crippen LogP contribution in [0.5, 0.6) is 11.5 Å². The quantitative estimate of drug-likeness (QED) is 0.628. The Hall–Kier alpha value is -2.21. The van der Waals surface area contributed by atoms with Crippen molar-refractivity contribution in [3.05, 3.63) is 48.0 Å². The first-order valence-corrected chi connectivity index (χ1v) is 11.5. The molecule has 0 spiro atoms. The van der Waals surface area contributed by atoms with E-state index in [1.54, 1.807) is 37.4 Å². The lowest BCUT2D eigenvalue weighted by molar-refractivity contribution is 0.201. The SMILES string of the molecule is CCCCc1ccc(S(=O)(=O)Nc2ccc(OC)c(OC3CCCC3)c2)cc1. The maximum absolute atomic E-state index is 12.8. The van der Waals surface area contributed by atoms with Gasteiger partial charge in [-0.15, -0.1) is 0 Å². The van der Waals surface area contributed by atoms with E-state index in [2.05, 4.69) is 11.6 Å². The van der Waals surface area contributed by atoms with E-state index in [4.69, 9.17) is 9.47 Å². The van der Waals surface area contributed by atoms with Crippen molar-refractivity contribution in [1.29, 1.82) is 0 Å². The summed E-state index contributed by atoms with van der Waals surface area (Å²) in [5.74, 6) is 1.18. The first-order chi connectivity index (χ1) is 13.5. The third-order valence-electron chi connectivity index (χ3n) is 5.06. The first kappa shape index (κ1) is 20.5. The van der Waals surface area contributed by atoms with Crippen molar-refractivity contribution in [3.63, 3.8) is 0 Å². The summed E-state index contributed by atoms with van der Waals surface area (Å²) in [7, 11) is -2.08. The molecule has 2 aromatic rings. The molecule has 5 nitrogen and oxygen atoms in total. The number of benzene rings is 2. The number of ether oxygens (including phenoxy) is 2. The van der Waals surface area contributed by atoms with Crippen molar-refractivity contribution in [2.45, 2.75) is 62.9 Å². The number of methoxy groups -OCH3 is 1. The fourth-order valence-corrected chi connectivity index (χ4v) is 4.50. The normalized spacial score (nSPS) is 14.8. The summed E-state index contributed by atoms with van der Waals surface area (Å²) in [6, 6.07) is 12.2. The zero-order chi connectivity index (χ0) is 20.0. The van der Waals surface area contributed by atoms with Crippen molar-refractivity contribution >= 4 is 15.7 Å². The van der Waals surface area contributed by atoms with Crippen molar-refractivity contribution in [3.8, 4) is 11.5 Å². The van der Waals surface area contributed by atoms with Gasteiger partial charge in [0.15, 0.2) is 11.5 Å². The van der Waals surface area contributed by atoms with Crippen LogP contribution in [-0.4, -0.2) is 21.6 Å². The highest BCUT2D eigenvalue weighted by Crippen LogP contribution is 2.34. The lowest BCUT2D eigenvalue weighted by atomic mass is 10.1. The summed E-state index contributed by atoms with van der Waals surface area (Å²) in [6.07, 6.45) is 7.69. The molecule has 28 heavy (non-hydrogen) atoms. The van der Waals surface area contributed by atoms with Crippen LogP contribution in [0.2, 0.25) is 0 Å². The van der Waals surface area contributed by atoms with Crippen molar-refractivity contribution < 1.29 is 17.9 Å². The maximum atomic E-state index is 12.8. The van der Waals surface area contributed by atoms with Gasteiger partial charge in [0.05, 0.1) is 23.8 Å². The minimum Gasteiger partial charge on any atom is -0.493 e. The predicted molar refractivity (Wildman–Crippen MR) is 112 cm³/mol. The number of unbranched alkanes of at least 4 members (excludes halogenated alkanes) is 1. The fourth-order valence-electron chi connectivity index (χ4n) is 3.45. The highest BCUT2D eigenvalue weighted by molar-refractivity contribution is 7.92. The lowest BCUT2D eigenvalue weighted by Crippen LogP contribution is -2.14. The zero-order valence-electron chi connectivity index (χ0n) is 16.6. The highest BCUT2D eigenvalue weighted by Gasteiger charge is 2.20. The smallest absolute Gasteiger partial charge is 0.261 e. The van der Waals surface area contributed by atoms with Gasteiger partial charge >= 0.3 is 0 Å². The lowest BCUT2D eigenvalue weighted by Gasteiger charge is -2.17. The average Bonchev–Trinajstić information content (AvgIpc) is 3.20. The van der Waals surface area contributed by atoms with E-state index >= 15 is 0 Å². The summed E-state index contributed by atoms with van der Waals surface area (Å²) < 4.78 is 39.6. The molecule has 6 heteroatoms. The number of sulfonamides is 1. The third-order valence-corrected chi connectivity index (χ3v) is 6.46. The van der Waals surface area contributed by atoms with Crippen LogP contribution in [0.25, 0.3) is 0 Å². The maximum Gasteiger partial charge on any atom is 0.261 e. The first-order valence-electron chi connectivity index (χ1n) is 9.98. The van der Waals surface area contributed by atoms with Crippen LogP contribution >= 0.6 is 0 Å². The van der Waals surface area contributed by atoms with E-state index in [0.717, 1.165) is 50.5 Å². The third kappa shape index (κ3) is 5.19. The highest BCUT2D eigenvalue weighted by atomic mass is 32.2. The summed E-state index contributed by atoms with van der Waals surface area (Å²) in [6.45, 7) is 2.14. The van der Waals surface area contributed by atoms with Crippen LogP contribution in [-0.2, 0) is 16.4 Å². The summed E-state index contributed by atoms with van der Waals surface area (Å²) in [4.78, 5) is 0.252. The molecule has 1 aliphatic rings. The second kappa shape index (κ2) is 9.32. The van der Waals surface area contributed by atoms with Crippen LogP contribution in [0.3, 0.4) is 0 Å². The zero-order valence-corrected chi connectivity index (χ0v) is 17.4. The van der Waals surface area contributed by atoms with Gasteiger partial charge in [-0.05, 0) is 68.4 Å². The molecular formula is C22H29NO4S. The van der Waals surface area contributed by atoms with Gasteiger partial charge in [-0.2, -0.15) is 0 Å². The minimum atomic E-state index is -3.66. The van der Waals surface area contributed by atoms with Gasteiger partial charge in [0.1, 0.15) is 0 Å². The van der Waals surface area contributed by atoms with Crippen LogP contribution < -0.4 is 14.2 Å². The molecule has 1 saturated carbocycles. The second-order valence-electron chi connectivity index (χ2n) is 7.24. The summed E-state index contributed by atoms with van der Waals surface area (Å²) in [5.41, 5.74) is 1.61. The Bertz CT molecular complexity index is 872. The Morgan fingerprint density at radius 3 is 2.39 bits per heavy atom. The van der Waals surface area contributed by atoms with E-state index < -0.39 is 10.0 Å². The van der Waals surface area contributed by atoms with Gasteiger partial charge in [0.2, 0.25) is 0 Å². The molecule has 0 saturated heterocycles. The van der Waals surface area contributed by atoms with Gasteiger partial charge in [-0.1, -0.05) is 25.5 Å². The molecule has 2 aromatic carbocycles. The Balaban J connectivity index is 1.75. The van der Waals surface area contributed by atoms with Crippen LogP contribution in [0, 0.1) is 0 Å². The standard InChI is InChI=1S/C22H29NO4S/c1-3-4-7-17-10-13-20(14-11-17)28(24,25)23-18-12-15-21(26-2)22(16-18)27-19-8-5-6-9-19/h10-16,19,23H,3-9H2,1-2H3. The molecule has 0 heterocycles. The monoisotopic (exact) mass is 403 g/mol. The number of anilines is 1. The van der Waals surface area contributed by atoms with Crippen LogP contribution in [0.1, 0.15) is 51.0 Å². The van der Waals surface area contributed by atoms with E-state index in [0.29, 0.717) is 17.2 Å². The molecule has 1 N–H and O–H groups in total. The van der Waals surface area contributed by atoms with Gasteiger partial charge in [-0.25, -0.2) is 8.42 Å². The Morgan fingerprint density at radius 2 is 1.75 bits per heavy atom. The number of aryl methyl sites for hydroxylation is 1. The largest absolute Gasteiger partial charge is 0.493 e. The molecule has 0 radical (unpaired) electrons. The Kier molecular flexibility index (Phi) is 6.83. The van der Waals surface area contributed by atoms with E-state index in [1.807, 2.05) is 12.1 Å². The molecule has 0 aromatic heterocycles. The molecule has 0 unspecified atom stereocenters. The number of hydrogen-bond donors (Lipinski definition) is 1. The molecule has 1 aliphatic carbocycles. The molecule has 0 amide bonds. The van der Waals surface area contributed by atoms with Crippen molar-refractivity contribution in [2.24, 2.45) is 0 Å². The molecule has 3 rings (SSSR count). The summed E-state index contributed by atoms with van der Waals surface area (Å²) in [5, 5.41) is 0. The Labute approximate surface area is 168 Å². The number of hydrogen-bond acceptors (Lipinski definition) is 4. The molecule has 0 atom stereocenters. The van der Waals surface area contributed by atoms with Crippen LogP contribution in [0.15, 0.2) is 47.4 Å². The fraction of sp³-hybridized carbons (Fsp3) is 0.455. The number of nitrogens with one attached hydrogen (secondary N) is 1. The van der Waals surface area contributed by atoms with Crippen LogP contribution in [0.4, 0.5) is 5.69 Å². The van der Waals surface area contributed by atoms with Gasteiger partial charge in [-0.3, -0.25) is 4.72 Å². The van der Waals surface area contributed by atoms with E-state index in [1.165, 1.54) is 0 Å². The predicted octanol–water partition coefficient (Wildman–Crippen LogP) is 5.16. The van der Waals surface area contributed by atoms with E-state index in [9.17, 15) is 8.42 Å². The average molecular weight is 404 g/mol. The molecule has 0 aliphatic heterocycles. The van der Waals surface area contributed by atoms with Gasteiger partial charge in [0.25, 0.3) is 10.0 Å². The number of rotatable bonds is 9. The van der Waals surface area contributed by atoms with Crippen molar-refractivity contribution in [1.82, 2.24) is 0 Å². The van der Waals surface area contributed by atoms with Crippen molar-refractivity contribution in [2.75, 3.05) is 11.8 Å². The minimum absolute atomic E-state index is 0.163. The Morgan fingerprint density at radius 1 is 1.04 bits per heavy atom. The summed E-state index contributed by atoms with van der Waals surface area (Å²) >= 11 is 0. The molecule has 152 valence electrons.